The molecule has 0 unspecified atom stereocenters. The number of benzene rings is 2. The number of carbonyl (C=O) groups excluding carboxylic acids is 2. The number of nitrogens with one attached hydrogen (secondary N) is 3. The van der Waals surface area contributed by atoms with Crippen LogP contribution in [0.2, 0.25) is 0 Å². The van der Waals surface area contributed by atoms with Crippen LogP contribution in [-0.2, 0) is 0 Å². The second-order valence-corrected chi connectivity index (χ2v) is 9.08. The number of hydrogen-bond acceptors (Lipinski definition) is 6. The molecule has 1 aliphatic carbocycles. The van der Waals surface area contributed by atoms with Crippen LogP contribution in [0, 0.1) is 0 Å². The van der Waals surface area contributed by atoms with Crippen LogP contribution in [0.1, 0.15) is 52.0 Å². The first-order chi connectivity index (χ1) is 17.5. The second kappa shape index (κ2) is 10.1. The van der Waals surface area contributed by atoms with Crippen molar-refractivity contribution in [3.63, 3.8) is 0 Å². The van der Waals surface area contributed by atoms with Gasteiger partial charge in [0.15, 0.2) is 0 Å². The summed E-state index contributed by atoms with van der Waals surface area (Å²) in [7, 11) is 1.63. The first-order valence-electron chi connectivity index (χ1n) is 12.1. The van der Waals surface area contributed by atoms with Gasteiger partial charge in [0.2, 0.25) is 0 Å². The number of anilines is 1. The summed E-state index contributed by atoms with van der Waals surface area (Å²) in [5.41, 5.74) is 4.83. The standard InChI is InChI=1S/C28H28N6O2/c1-17(21-4-3-5-22-23(28(36)29-2)12-13-30-26(21)22)15-31-25-14-24(32-16-33-25)18-6-8-19(9-7-18)27(35)34-20-10-11-20/h3-9,12-14,16-17,20H,10-11,15H2,1-2H3,(H,29,36)(H,34,35)(H,31,32,33)/t17-/m1/s1. The van der Waals surface area contributed by atoms with Gasteiger partial charge in [-0.1, -0.05) is 37.3 Å². The van der Waals surface area contributed by atoms with Crippen molar-refractivity contribution in [3.8, 4) is 11.3 Å². The number of para-hydroxylation sites is 1. The number of carbonyl (C=O) groups is 2. The monoisotopic (exact) mass is 480 g/mol. The van der Waals surface area contributed by atoms with Crippen LogP contribution in [-0.4, -0.2) is 46.4 Å². The molecule has 0 bridgehead atoms. The van der Waals surface area contributed by atoms with E-state index in [2.05, 4.69) is 37.8 Å². The van der Waals surface area contributed by atoms with Crippen LogP contribution in [0.15, 0.2) is 67.1 Å². The molecule has 2 aromatic heterocycles. The topological polar surface area (TPSA) is 109 Å². The molecule has 2 aromatic carbocycles. The fraction of sp³-hybridized carbons (Fsp3) is 0.250. The molecular formula is C28H28N6O2. The van der Waals surface area contributed by atoms with Crippen molar-refractivity contribution in [2.24, 2.45) is 0 Å². The minimum absolute atomic E-state index is 0.0338. The van der Waals surface area contributed by atoms with Gasteiger partial charge in [0.1, 0.15) is 12.1 Å². The van der Waals surface area contributed by atoms with Crippen LogP contribution in [0.4, 0.5) is 5.82 Å². The molecule has 0 saturated heterocycles. The average Bonchev–Trinajstić information content (AvgIpc) is 3.75. The summed E-state index contributed by atoms with van der Waals surface area (Å²) in [5.74, 6) is 0.661. The van der Waals surface area contributed by atoms with E-state index in [1.165, 1.54) is 6.33 Å². The molecule has 3 N–H and O–H groups in total. The Morgan fingerprint density at radius 1 is 1.00 bits per heavy atom. The van der Waals surface area contributed by atoms with E-state index < -0.39 is 0 Å². The van der Waals surface area contributed by atoms with E-state index >= 15 is 0 Å². The van der Waals surface area contributed by atoms with E-state index in [0.717, 1.165) is 40.6 Å². The van der Waals surface area contributed by atoms with Crippen LogP contribution in [0.25, 0.3) is 22.2 Å². The number of nitrogens with zero attached hydrogens (tertiary/aromatic N) is 3. The highest BCUT2D eigenvalue weighted by molar-refractivity contribution is 6.06. The third-order valence-electron chi connectivity index (χ3n) is 6.42. The van der Waals surface area contributed by atoms with Gasteiger partial charge in [-0.2, -0.15) is 0 Å². The number of hydrogen-bond donors (Lipinski definition) is 3. The summed E-state index contributed by atoms with van der Waals surface area (Å²) in [4.78, 5) is 37.9. The van der Waals surface area contributed by atoms with Gasteiger partial charge in [0.25, 0.3) is 11.8 Å². The lowest BCUT2D eigenvalue weighted by Crippen LogP contribution is -2.25. The Bertz CT molecular complexity index is 1420. The lowest BCUT2D eigenvalue weighted by molar-refractivity contribution is 0.0947. The Morgan fingerprint density at radius 2 is 1.81 bits per heavy atom. The number of rotatable bonds is 8. The number of aromatic nitrogens is 3. The van der Waals surface area contributed by atoms with Gasteiger partial charge in [-0.05, 0) is 36.6 Å². The molecule has 182 valence electrons. The van der Waals surface area contributed by atoms with Crippen molar-refractivity contribution in [1.82, 2.24) is 25.6 Å². The number of pyridine rings is 1. The van der Waals surface area contributed by atoms with Crippen molar-refractivity contribution < 1.29 is 9.59 Å². The van der Waals surface area contributed by atoms with Crippen molar-refractivity contribution in [2.45, 2.75) is 31.7 Å². The Labute approximate surface area is 209 Å². The molecule has 4 aromatic rings. The number of amides is 2. The fourth-order valence-electron chi connectivity index (χ4n) is 4.20. The maximum atomic E-state index is 12.3. The molecule has 0 aliphatic heterocycles. The molecule has 8 heteroatoms. The van der Waals surface area contributed by atoms with Crippen LogP contribution in [0.3, 0.4) is 0 Å². The highest BCUT2D eigenvalue weighted by Gasteiger charge is 2.23. The van der Waals surface area contributed by atoms with E-state index in [1.807, 2.05) is 48.5 Å². The third-order valence-corrected chi connectivity index (χ3v) is 6.42. The molecule has 2 heterocycles. The van der Waals surface area contributed by atoms with Gasteiger partial charge in [0.05, 0.1) is 16.8 Å². The summed E-state index contributed by atoms with van der Waals surface area (Å²) in [6.45, 7) is 2.74. The largest absolute Gasteiger partial charge is 0.369 e. The highest BCUT2D eigenvalue weighted by atomic mass is 16.2. The lowest BCUT2D eigenvalue weighted by atomic mass is 9.96. The van der Waals surface area contributed by atoms with Crippen molar-refractivity contribution >= 4 is 28.5 Å². The molecule has 1 aliphatic rings. The molecule has 2 amide bonds. The number of fused-ring (bicyclic) bond motifs is 1. The molecule has 1 atom stereocenters. The van der Waals surface area contributed by atoms with Gasteiger partial charge in [-0.25, -0.2) is 9.97 Å². The summed E-state index contributed by atoms with van der Waals surface area (Å²) in [6.07, 6.45) is 5.33. The van der Waals surface area contributed by atoms with Crippen LogP contribution >= 0.6 is 0 Å². The van der Waals surface area contributed by atoms with E-state index in [4.69, 9.17) is 0 Å². The van der Waals surface area contributed by atoms with Crippen molar-refractivity contribution in [3.05, 3.63) is 83.8 Å². The van der Waals surface area contributed by atoms with Gasteiger partial charge in [0, 0.05) is 54.3 Å². The summed E-state index contributed by atoms with van der Waals surface area (Å²) < 4.78 is 0. The highest BCUT2D eigenvalue weighted by Crippen LogP contribution is 2.27. The van der Waals surface area contributed by atoms with E-state index in [1.54, 1.807) is 19.3 Å². The fourth-order valence-corrected chi connectivity index (χ4v) is 4.20. The normalized spacial score (nSPS) is 13.7. The van der Waals surface area contributed by atoms with E-state index in [0.29, 0.717) is 29.5 Å². The minimum atomic E-state index is -0.129. The molecule has 0 radical (unpaired) electrons. The predicted molar refractivity (Wildman–Crippen MR) is 140 cm³/mol. The lowest BCUT2D eigenvalue weighted by Gasteiger charge is -2.16. The van der Waals surface area contributed by atoms with E-state index in [9.17, 15) is 9.59 Å². The Hall–Kier alpha value is -4.33. The van der Waals surface area contributed by atoms with Gasteiger partial charge >= 0.3 is 0 Å². The Morgan fingerprint density at radius 3 is 2.56 bits per heavy atom. The first kappa shape index (κ1) is 23.4. The summed E-state index contributed by atoms with van der Waals surface area (Å²) in [5, 5.41) is 9.93. The summed E-state index contributed by atoms with van der Waals surface area (Å²) >= 11 is 0. The zero-order valence-electron chi connectivity index (χ0n) is 20.3. The zero-order chi connectivity index (χ0) is 25.1. The van der Waals surface area contributed by atoms with Crippen LogP contribution in [0.5, 0.6) is 0 Å². The van der Waals surface area contributed by atoms with Crippen LogP contribution < -0.4 is 16.0 Å². The molecule has 5 rings (SSSR count). The minimum Gasteiger partial charge on any atom is -0.369 e. The van der Waals surface area contributed by atoms with Gasteiger partial charge < -0.3 is 16.0 Å². The molecule has 1 fully saturated rings. The maximum absolute atomic E-state index is 12.3. The Kier molecular flexibility index (Phi) is 6.58. The maximum Gasteiger partial charge on any atom is 0.251 e. The smallest absolute Gasteiger partial charge is 0.251 e. The third kappa shape index (κ3) is 5.02. The molecule has 8 nitrogen and oxygen atoms in total. The molecule has 36 heavy (non-hydrogen) atoms. The SMILES string of the molecule is CNC(=O)c1ccnc2c([C@H](C)CNc3cc(-c4ccc(C(=O)NC5CC5)cc4)ncn3)cccc12. The average molecular weight is 481 g/mol. The van der Waals surface area contributed by atoms with Gasteiger partial charge in [-0.3, -0.25) is 14.6 Å². The molecule has 0 spiro atoms. The van der Waals surface area contributed by atoms with E-state index in [-0.39, 0.29) is 17.7 Å². The van der Waals surface area contributed by atoms with Crippen molar-refractivity contribution in [2.75, 3.05) is 18.9 Å². The Balaban J connectivity index is 1.29. The quantitative estimate of drug-likeness (QED) is 0.349. The second-order valence-electron chi connectivity index (χ2n) is 9.08. The van der Waals surface area contributed by atoms with Crippen molar-refractivity contribution in [1.29, 1.82) is 0 Å². The zero-order valence-corrected chi connectivity index (χ0v) is 20.3. The first-order valence-corrected chi connectivity index (χ1v) is 12.1. The summed E-state index contributed by atoms with van der Waals surface area (Å²) in [6, 6.07) is 17.4. The molecular weight excluding hydrogens is 452 g/mol. The molecule has 1 saturated carbocycles. The van der Waals surface area contributed by atoms with Gasteiger partial charge in [-0.15, -0.1) is 0 Å². The predicted octanol–water partition coefficient (Wildman–Crippen LogP) is 4.16.